The quantitative estimate of drug-likeness (QED) is 0.759. The summed E-state index contributed by atoms with van der Waals surface area (Å²) >= 11 is 1.41. The van der Waals surface area contributed by atoms with Gasteiger partial charge in [0.25, 0.3) is 5.91 Å². The van der Waals surface area contributed by atoms with Crippen LogP contribution in [0, 0.1) is 0 Å². The molecule has 0 fully saturated rings. The maximum Gasteiger partial charge on any atom is 0.271 e. The summed E-state index contributed by atoms with van der Waals surface area (Å²) in [6, 6.07) is 0. The van der Waals surface area contributed by atoms with Crippen molar-refractivity contribution >= 4 is 17.2 Å². The van der Waals surface area contributed by atoms with Crippen LogP contribution in [0.5, 0.6) is 0 Å². The van der Waals surface area contributed by atoms with E-state index in [1.54, 1.807) is 5.38 Å². The Morgan fingerprint density at radius 1 is 1.67 bits per heavy atom. The van der Waals surface area contributed by atoms with Gasteiger partial charge in [-0.15, -0.1) is 11.3 Å². The molecule has 15 heavy (non-hydrogen) atoms. The molecule has 0 unspecified atom stereocenters. The molecule has 3 N–H and O–H groups in total. The van der Waals surface area contributed by atoms with Crippen molar-refractivity contribution in [3.63, 3.8) is 0 Å². The summed E-state index contributed by atoms with van der Waals surface area (Å²) in [6.45, 7) is 4.89. The third-order valence-corrected chi connectivity index (χ3v) is 2.60. The van der Waals surface area contributed by atoms with E-state index < -0.39 is 0 Å². The molecule has 0 atom stereocenters. The lowest BCUT2D eigenvalue weighted by Crippen LogP contribution is -2.23. The molecule has 0 aromatic carbocycles. The predicted molar refractivity (Wildman–Crippen MR) is 61.8 cm³/mol. The smallest absolute Gasteiger partial charge is 0.271 e. The van der Waals surface area contributed by atoms with Crippen molar-refractivity contribution in [2.24, 2.45) is 5.73 Å². The summed E-state index contributed by atoms with van der Waals surface area (Å²) in [6.07, 6.45) is 1.95. The molecule has 0 bridgehead atoms. The number of nitrogens with zero attached hydrogens (tertiary/aromatic N) is 1. The van der Waals surface area contributed by atoms with Crippen molar-refractivity contribution < 1.29 is 4.79 Å². The summed E-state index contributed by atoms with van der Waals surface area (Å²) < 4.78 is 0. The van der Waals surface area contributed by atoms with Crippen molar-refractivity contribution in [2.45, 2.75) is 20.4 Å². The minimum atomic E-state index is -0.150. The second-order valence-electron chi connectivity index (χ2n) is 3.32. The van der Waals surface area contributed by atoms with Gasteiger partial charge in [-0.3, -0.25) is 4.79 Å². The van der Waals surface area contributed by atoms with Crippen LogP contribution >= 0.6 is 11.3 Å². The SMILES string of the molecule is CC(C)=CCNC(=O)c1csc(CN)n1. The average molecular weight is 225 g/mol. The van der Waals surface area contributed by atoms with E-state index in [0.717, 1.165) is 5.01 Å². The van der Waals surface area contributed by atoms with Gasteiger partial charge in [-0.05, 0) is 13.8 Å². The van der Waals surface area contributed by atoms with Crippen LogP contribution in [0.4, 0.5) is 0 Å². The first-order chi connectivity index (χ1) is 7.13. The summed E-state index contributed by atoms with van der Waals surface area (Å²) in [5.74, 6) is -0.150. The molecule has 1 amide bonds. The Kier molecular flexibility index (Phi) is 4.45. The number of allylic oxidation sites excluding steroid dienone is 1. The number of nitrogens with two attached hydrogens (primary N) is 1. The van der Waals surface area contributed by atoms with Gasteiger partial charge in [-0.25, -0.2) is 4.98 Å². The standard InChI is InChI=1S/C10H15N3OS/c1-7(2)3-4-12-10(14)8-6-15-9(5-11)13-8/h3,6H,4-5,11H2,1-2H3,(H,12,14). The van der Waals surface area contributed by atoms with Gasteiger partial charge in [0.15, 0.2) is 0 Å². The van der Waals surface area contributed by atoms with E-state index in [-0.39, 0.29) is 5.91 Å². The number of nitrogens with one attached hydrogen (secondary N) is 1. The number of thiazole rings is 1. The summed E-state index contributed by atoms with van der Waals surface area (Å²) in [5, 5.41) is 5.26. The summed E-state index contributed by atoms with van der Waals surface area (Å²) in [5.41, 5.74) is 7.03. The lowest BCUT2D eigenvalue weighted by atomic mass is 10.3. The second-order valence-corrected chi connectivity index (χ2v) is 4.26. The van der Waals surface area contributed by atoms with Crippen molar-refractivity contribution in [1.29, 1.82) is 0 Å². The number of carbonyl (C=O) groups excluding carboxylic acids is 1. The van der Waals surface area contributed by atoms with Gasteiger partial charge < -0.3 is 11.1 Å². The molecule has 1 heterocycles. The van der Waals surface area contributed by atoms with Gasteiger partial charge in [0, 0.05) is 18.5 Å². The average Bonchev–Trinajstić information content (AvgIpc) is 2.65. The highest BCUT2D eigenvalue weighted by atomic mass is 32.1. The van der Waals surface area contributed by atoms with Gasteiger partial charge >= 0.3 is 0 Å². The minimum Gasteiger partial charge on any atom is -0.347 e. The molecule has 0 radical (unpaired) electrons. The highest BCUT2D eigenvalue weighted by molar-refractivity contribution is 7.09. The molecule has 0 aliphatic rings. The first-order valence-corrected chi connectivity index (χ1v) is 5.57. The Morgan fingerprint density at radius 2 is 2.40 bits per heavy atom. The number of hydrogen-bond donors (Lipinski definition) is 2. The summed E-state index contributed by atoms with van der Waals surface area (Å²) in [7, 11) is 0. The molecule has 1 aromatic heterocycles. The monoisotopic (exact) mass is 225 g/mol. The van der Waals surface area contributed by atoms with E-state index in [1.165, 1.54) is 16.9 Å². The van der Waals surface area contributed by atoms with Crippen LogP contribution in [0.25, 0.3) is 0 Å². The molecule has 1 aromatic rings. The third-order valence-electron chi connectivity index (χ3n) is 1.73. The number of hydrogen-bond acceptors (Lipinski definition) is 4. The second kappa shape index (κ2) is 5.63. The van der Waals surface area contributed by atoms with Crippen molar-refractivity contribution in [3.8, 4) is 0 Å². The first-order valence-electron chi connectivity index (χ1n) is 4.69. The molecule has 4 nitrogen and oxygen atoms in total. The van der Waals surface area contributed by atoms with Crippen LogP contribution in [0.3, 0.4) is 0 Å². The molecule has 0 aliphatic carbocycles. The van der Waals surface area contributed by atoms with Gasteiger partial charge in [0.05, 0.1) is 0 Å². The molecular weight excluding hydrogens is 210 g/mol. The molecule has 82 valence electrons. The Bertz CT molecular complexity index is 366. The van der Waals surface area contributed by atoms with E-state index in [9.17, 15) is 4.79 Å². The molecule has 1 rings (SSSR count). The maximum absolute atomic E-state index is 11.5. The molecular formula is C10H15N3OS. The Labute approximate surface area is 93.2 Å². The fraction of sp³-hybridized carbons (Fsp3) is 0.400. The highest BCUT2D eigenvalue weighted by Crippen LogP contribution is 2.08. The first kappa shape index (κ1) is 11.9. The molecule has 0 saturated carbocycles. The van der Waals surface area contributed by atoms with Gasteiger partial charge in [-0.1, -0.05) is 11.6 Å². The lowest BCUT2D eigenvalue weighted by molar-refractivity contribution is 0.0953. The number of carbonyl (C=O) groups is 1. The zero-order chi connectivity index (χ0) is 11.3. The molecule has 0 aliphatic heterocycles. The van der Waals surface area contributed by atoms with Crippen LogP contribution in [0.2, 0.25) is 0 Å². The highest BCUT2D eigenvalue weighted by Gasteiger charge is 2.08. The van der Waals surface area contributed by atoms with E-state index in [0.29, 0.717) is 18.8 Å². The normalized spacial score (nSPS) is 9.80. The maximum atomic E-state index is 11.5. The van der Waals surface area contributed by atoms with Crippen molar-refractivity contribution in [3.05, 3.63) is 27.7 Å². The fourth-order valence-corrected chi connectivity index (χ4v) is 1.60. The lowest BCUT2D eigenvalue weighted by Gasteiger charge is -1.98. The van der Waals surface area contributed by atoms with E-state index in [1.807, 2.05) is 19.9 Å². The zero-order valence-corrected chi connectivity index (χ0v) is 9.73. The Morgan fingerprint density at radius 3 is 2.93 bits per heavy atom. The Balaban J connectivity index is 2.50. The predicted octanol–water partition coefficient (Wildman–Crippen LogP) is 1.30. The fourth-order valence-electron chi connectivity index (χ4n) is 0.947. The number of rotatable bonds is 4. The third kappa shape index (κ3) is 3.81. The van der Waals surface area contributed by atoms with E-state index >= 15 is 0 Å². The van der Waals surface area contributed by atoms with Gasteiger partial charge in [0.2, 0.25) is 0 Å². The number of aromatic nitrogens is 1. The molecule has 0 spiro atoms. The van der Waals surface area contributed by atoms with Gasteiger partial charge in [-0.2, -0.15) is 0 Å². The van der Waals surface area contributed by atoms with E-state index in [2.05, 4.69) is 10.3 Å². The van der Waals surface area contributed by atoms with Crippen molar-refractivity contribution in [1.82, 2.24) is 10.3 Å². The van der Waals surface area contributed by atoms with Crippen molar-refractivity contribution in [2.75, 3.05) is 6.54 Å². The van der Waals surface area contributed by atoms with Crippen LogP contribution in [0.15, 0.2) is 17.0 Å². The number of amides is 1. The van der Waals surface area contributed by atoms with Gasteiger partial charge in [0.1, 0.15) is 10.7 Å². The molecule has 5 heteroatoms. The van der Waals surface area contributed by atoms with Crippen LogP contribution in [-0.4, -0.2) is 17.4 Å². The zero-order valence-electron chi connectivity index (χ0n) is 8.91. The van der Waals surface area contributed by atoms with Crippen LogP contribution in [0.1, 0.15) is 29.3 Å². The summed E-state index contributed by atoms with van der Waals surface area (Å²) in [4.78, 5) is 15.6. The minimum absolute atomic E-state index is 0.150. The molecule has 0 saturated heterocycles. The Hall–Kier alpha value is -1.20. The largest absolute Gasteiger partial charge is 0.347 e. The van der Waals surface area contributed by atoms with Crippen LogP contribution in [-0.2, 0) is 6.54 Å². The topological polar surface area (TPSA) is 68.0 Å². The van der Waals surface area contributed by atoms with Crippen LogP contribution < -0.4 is 11.1 Å². The van der Waals surface area contributed by atoms with E-state index in [4.69, 9.17) is 5.73 Å².